The summed E-state index contributed by atoms with van der Waals surface area (Å²) in [5.74, 6) is 0.726. The predicted molar refractivity (Wildman–Crippen MR) is 108 cm³/mol. The van der Waals surface area contributed by atoms with Crippen LogP contribution in [0, 0.1) is 0 Å². The molecular formula is C22H32N2O2. The van der Waals surface area contributed by atoms with E-state index in [0.29, 0.717) is 24.6 Å². The Labute approximate surface area is 157 Å². The van der Waals surface area contributed by atoms with Crippen LogP contribution >= 0.6 is 0 Å². The van der Waals surface area contributed by atoms with Gasteiger partial charge < -0.3 is 21.3 Å². The maximum Gasteiger partial charge on any atom is 0.120 e. The highest BCUT2D eigenvalue weighted by Gasteiger charge is 2.06. The first kappa shape index (κ1) is 20.3. The molecule has 0 spiro atoms. The van der Waals surface area contributed by atoms with Crippen LogP contribution in [0.3, 0.4) is 0 Å². The third-order valence-electron chi connectivity index (χ3n) is 4.69. The fraction of sp³-hybridized carbons (Fsp3) is 0.455. The van der Waals surface area contributed by atoms with Crippen LogP contribution in [0.25, 0.3) is 0 Å². The van der Waals surface area contributed by atoms with Crippen LogP contribution in [0.2, 0.25) is 0 Å². The van der Waals surface area contributed by atoms with E-state index in [2.05, 4.69) is 24.4 Å². The SMILES string of the molecule is CCCCCc1ccc(CCc2ccc(CNCCN)c(O)c2)cc1O. The molecule has 0 radical (unpaired) electrons. The maximum absolute atomic E-state index is 10.2. The van der Waals surface area contributed by atoms with Gasteiger partial charge in [-0.3, -0.25) is 0 Å². The molecule has 0 fully saturated rings. The number of hydrogen-bond donors (Lipinski definition) is 4. The van der Waals surface area contributed by atoms with Crippen LogP contribution in [-0.4, -0.2) is 23.3 Å². The quantitative estimate of drug-likeness (QED) is 0.463. The van der Waals surface area contributed by atoms with Gasteiger partial charge in [-0.1, -0.05) is 44.0 Å². The van der Waals surface area contributed by atoms with E-state index in [1.165, 1.54) is 12.8 Å². The van der Waals surface area contributed by atoms with Gasteiger partial charge in [-0.25, -0.2) is 0 Å². The average molecular weight is 357 g/mol. The van der Waals surface area contributed by atoms with Crippen molar-refractivity contribution >= 4 is 0 Å². The Morgan fingerprint density at radius 2 is 1.46 bits per heavy atom. The summed E-state index contributed by atoms with van der Waals surface area (Å²) in [5.41, 5.74) is 9.59. The molecule has 2 aromatic carbocycles. The van der Waals surface area contributed by atoms with Gasteiger partial charge in [-0.15, -0.1) is 0 Å². The minimum atomic E-state index is 0.321. The first-order valence-electron chi connectivity index (χ1n) is 9.66. The number of unbranched alkanes of at least 4 members (excludes halogenated alkanes) is 2. The summed E-state index contributed by atoms with van der Waals surface area (Å²) in [6.07, 6.45) is 6.12. The van der Waals surface area contributed by atoms with Crippen molar-refractivity contribution < 1.29 is 10.2 Å². The molecule has 0 aliphatic rings. The van der Waals surface area contributed by atoms with E-state index in [1.54, 1.807) is 0 Å². The van der Waals surface area contributed by atoms with Crippen molar-refractivity contribution in [2.75, 3.05) is 13.1 Å². The lowest BCUT2D eigenvalue weighted by Gasteiger charge is -2.10. The van der Waals surface area contributed by atoms with Gasteiger partial charge >= 0.3 is 0 Å². The van der Waals surface area contributed by atoms with Gasteiger partial charge in [-0.2, -0.15) is 0 Å². The van der Waals surface area contributed by atoms with E-state index in [9.17, 15) is 10.2 Å². The molecule has 0 aliphatic heterocycles. The number of nitrogens with one attached hydrogen (secondary N) is 1. The van der Waals surface area contributed by atoms with Gasteiger partial charge in [-0.05, 0) is 54.5 Å². The molecule has 0 aliphatic carbocycles. The molecule has 26 heavy (non-hydrogen) atoms. The zero-order valence-electron chi connectivity index (χ0n) is 15.8. The number of hydrogen-bond acceptors (Lipinski definition) is 4. The van der Waals surface area contributed by atoms with Crippen molar-refractivity contribution in [1.29, 1.82) is 0 Å². The predicted octanol–water partition coefficient (Wildman–Crippen LogP) is 3.66. The number of aromatic hydroxyl groups is 2. The Balaban J connectivity index is 1.89. The largest absolute Gasteiger partial charge is 0.508 e. The van der Waals surface area contributed by atoms with Crippen molar-refractivity contribution in [3.8, 4) is 11.5 Å². The number of rotatable bonds is 11. The second kappa shape index (κ2) is 10.8. The lowest BCUT2D eigenvalue weighted by molar-refractivity contribution is 0.463. The van der Waals surface area contributed by atoms with Gasteiger partial charge in [0.05, 0.1) is 0 Å². The Bertz CT molecular complexity index is 626. The van der Waals surface area contributed by atoms with E-state index in [0.717, 1.165) is 54.5 Å². The highest BCUT2D eigenvalue weighted by Crippen LogP contribution is 2.23. The smallest absolute Gasteiger partial charge is 0.120 e. The van der Waals surface area contributed by atoms with Crippen LogP contribution in [0.5, 0.6) is 11.5 Å². The first-order chi connectivity index (χ1) is 12.6. The summed E-state index contributed by atoms with van der Waals surface area (Å²) in [6, 6.07) is 11.9. The van der Waals surface area contributed by atoms with Crippen LogP contribution in [-0.2, 0) is 25.8 Å². The molecule has 0 saturated carbocycles. The second-order valence-corrected chi connectivity index (χ2v) is 6.85. The zero-order valence-corrected chi connectivity index (χ0v) is 15.8. The van der Waals surface area contributed by atoms with Crippen LogP contribution in [0.4, 0.5) is 0 Å². The highest BCUT2D eigenvalue weighted by atomic mass is 16.3. The minimum absolute atomic E-state index is 0.321. The topological polar surface area (TPSA) is 78.5 Å². The summed E-state index contributed by atoms with van der Waals surface area (Å²) in [4.78, 5) is 0. The van der Waals surface area contributed by atoms with Gasteiger partial charge in [0.15, 0.2) is 0 Å². The molecule has 4 heteroatoms. The van der Waals surface area contributed by atoms with Crippen LogP contribution < -0.4 is 11.1 Å². The van der Waals surface area contributed by atoms with Crippen molar-refractivity contribution in [2.45, 2.75) is 52.0 Å². The number of phenolic OH excluding ortho intramolecular Hbond substituents is 2. The summed E-state index contributed by atoms with van der Waals surface area (Å²) in [7, 11) is 0. The van der Waals surface area contributed by atoms with Crippen LogP contribution in [0.15, 0.2) is 36.4 Å². The lowest BCUT2D eigenvalue weighted by Crippen LogP contribution is -2.21. The number of benzene rings is 2. The first-order valence-corrected chi connectivity index (χ1v) is 9.66. The molecule has 0 heterocycles. The van der Waals surface area contributed by atoms with Gasteiger partial charge in [0.1, 0.15) is 11.5 Å². The fourth-order valence-electron chi connectivity index (χ4n) is 3.07. The number of aryl methyl sites for hydroxylation is 3. The molecule has 5 N–H and O–H groups in total. The number of nitrogens with two attached hydrogens (primary N) is 1. The highest BCUT2D eigenvalue weighted by molar-refractivity contribution is 5.39. The molecule has 0 aromatic heterocycles. The molecule has 0 saturated heterocycles. The third kappa shape index (κ3) is 6.36. The normalized spacial score (nSPS) is 11.0. The third-order valence-corrected chi connectivity index (χ3v) is 4.69. The summed E-state index contributed by atoms with van der Waals surface area (Å²) in [5, 5.41) is 23.6. The molecular weight excluding hydrogens is 324 g/mol. The van der Waals surface area contributed by atoms with E-state index in [-0.39, 0.29) is 0 Å². The van der Waals surface area contributed by atoms with Crippen molar-refractivity contribution in [1.82, 2.24) is 5.32 Å². The Hall–Kier alpha value is -2.04. The van der Waals surface area contributed by atoms with E-state index >= 15 is 0 Å². The van der Waals surface area contributed by atoms with Gasteiger partial charge in [0, 0.05) is 25.2 Å². The molecule has 2 aromatic rings. The molecule has 142 valence electrons. The molecule has 0 amide bonds. The maximum atomic E-state index is 10.2. The molecule has 0 unspecified atom stereocenters. The van der Waals surface area contributed by atoms with E-state index in [4.69, 9.17) is 5.73 Å². The van der Waals surface area contributed by atoms with E-state index in [1.807, 2.05) is 24.3 Å². The van der Waals surface area contributed by atoms with Gasteiger partial charge in [0.25, 0.3) is 0 Å². The zero-order chi connectivity index (χ0) is 18.8. The fourth-order valence-corrected chi connectivity index (χ4v) is 3.07. The number of phenols is 2. The summed E-state index contributed by atoms with van der Waals surface area (Å²) in [6.45, 7) is 4.13. The Morgan fingerprint density at radius 3 is 2.00 bits per heavy atom. The molecule has 0 atom stereocenters. The standard InChI is InChI=1S/C22H32N2O2/c1-2-3-4-5-19-10-8-17(14-21(19)25)6-7-18-9-11-20(22(26)15-18)16-24-13-12-23/h8-11,14-15,24-26H,2-7,12-13,16,23H2,1H3. The molecule has 0 bridgehead atoms. The minimum Gasteiger partial charge on any atom is -0.508 e. The molecule has 2 rings (SSSR count). The summed E-state index contributed by atoms with van der Waals surface area (Å²) >= 11 is 0. The van der Waals surface area contributed by atoms with E-state index < -0.39 is 0 Å². The van der Waals surface area contributed by atoms with Crippen LogP contribution in [0.1, 0.15) is 48.4 Å². The Kier molecular flexibility index (Phi) is 8.45. The van der Waals surface area contributed by atoms with Crippen molar-refractivity contribution in [3.63, 3.8) is 0 Å². The lowest BCUT2D eigenvalue weighted by atomic mass is 9.99. The van der Waals surface area contributed by atoms with Crippen molar-refractivity contribution in [2.24, 2.45) is 5.73 Å². The monoisotopic (exact) mass is 356 g/mol. The second-order valence-electron chi connectivity index (χ2n) is 6.85. The summed E-state index contributed by atoms with van der Waals surface area (Å²) < 4.78 is 0. The Morgan fingerprint density at radius 1 is 0.846 bits per heavy atom. The van der Waals surface area contributed by atoms with Crippen molar-refractivity contribution in [3.05, 3.63) is 58.7 Å². The van der Waals surface area contributed by atoms with Gasteiger partial charge in [0.2, 0.25) is 0 Å². The average Bonchev–Trinajstić information content (AvgIpc) is 2.63. The molecule has 4 nitrogen and oxygen atoms in total.